The van der Waals surface area contributed by atoms with Crippen molar-refractivity contribution in [2.45, 2.75) is 46.6 Å². The molecular weight excluding hydrogens is 228 g/mol. The molecule has 0 bridgehead atoms. The molecule has 0 spiro atoms. The summed E-state index contributed by atoms with van der Waals surface area (Å²) in [6.07, 6.45) is 2.22. The molecule has 1 rings (SSSR count). The molecule has 0 aliphatic rings. The zero-order valence-corrected chi connectivity index (χ0v) is 11.6. The summed E-state index contributed by atoms with van der Waals surface area (Å²) < 4.78 is 0. The van der Waals surface area contributed by atoms with Crippen LogP contribution in [-0.2, 0) is 0 Å². The largest absolute Gasteiger partial charge is 0.382 e. The summed E-state index contributed by atoms with van der Waals surface area (Å²) in [5.74, 6) is 0.682. The number of hydrogen-bond acceptors (Lipinski definition) is 3. The molecule has 4 nitrogen and oxygen atoms in total. The van der Waals surface area contributed by atoms with Crippen LogP contribution in [0.2, 0.25) is 0 Å². The lowest BCUT2D eigenvalue weighted by Gasteiger charge is -2.16. The predicted molar refractivity (Wildman–Crippen MR) is 75.0 cm³/mol. The number of nitrogens with zero attached hydrogens (tertiary/aromatic N) is 1. The van der Waals surface area contributed by atoms with Gasteiger partial charge in [0.05, 0.1) is 4.92 Å². The molecule has 0 aliphatic carbocycles. The SMILES string of the molecule is Cc1cc(NC(C)CCC(C)C)cc([N+](=O)[O-])c1. The Kier molecular flexibility index (Phi) is 5.13. The van der Waals surface area contributed by atoms with Gasteiger partial charge in [-0.25, -0.2) is 0 Å². The van der Waals surface area contributed by atoms with E-state index in [1.807, 2.05) is 13.0 Å². The second-order valence-electron chi connectivity index (χ2n) is 5.33. The van der Waals surface area contributed by atoms with Crippen molar-refractivity contribution in [2.75, 3.05) is 5.32 Å². The Balaban J connectivity index is 2.69. The van der Waals surface area contributed by atoms with E-state index in [0.29, 0.717) is 12.0 Å². The molecule has 0 saturated heterocycles. The molecule has 0 saturated carbocycles. The van der Waals surface area contributed by atoms with Crippen molar-refractivity contribution in [3.63, 3.8) is 0 Å². The number of rotatable bonds is 6. The van der Waals surface area contributed by atoms with Gasteiger partial charge < -0.3 is 5.32 Å². The molecule has 0 radical (unpaired) electrons. The Morgan fingerprint density at radius 2 is 1.89 bits per heavy atom. The molecule has 1 atom stereocenters. The quantitative estimate of drug-likeness (QED) is 0.609. The summed E-state index contributed by atoms with van der Waals surface area (Å²) in [6, 6.07) is 5.45. The molecule has 1 aromatic carbocycles. The van der Waals surface area contributed by atoms with Crippen LogP contribution in [0.1, 0.15) is 39.2 Å². The van der Waals surface area contributed by atoms with Crippen molar-refractivity contribution in [1.29, 1.82) is 0 Å². The number of anilines is 1. The summed E-state index contributed by atoms with van der Waals surface area (Å²) in [7, 11) is 0. The van der Waals surface area contributed by atoms with Gasteiger partial charge >= 0.3 is 0 Å². The van der Waals surface area contributed by atoms with E-state index in [0.717, 1.165) is 24.1 Å². The van der Waals surface area contributed by atoms with Gasteiger partial charge in [-0.2, -0.15) is 0 Å². The molecular formula is C14H22N2O2. The lowest BCUT2D eigenvalue weighted by Crippen LogP contribution is -2.16. The van der Waals surface area contributed by atoms with E-state index in [-0.39, 0.29) is 10.6 Å². The third kappa shape index (κ3) is 4.73. The van der Waals surface area contributed by atoms with Crippen molar-refractivity contribution < 1.29 is 4.92 Å². The first-order chi connectivity index (χ1) is 8.38. The van der Waals surface area contributed by atoms with Crippen LogP contribution in [0.4, 0.5) is 11.4 Å². The average molecular weight is 250 g/mol. The Morgan fingerprint density at radius 3 is 2.44 bits per heavy atom. The molecule has 0 fully saturated rings. The van der Waals surface area contributed by atoms with Crippen LogP contribution in [0.3, 0.4) is 0 Å². The second kappa shape index (κ2) is 6.38. The van der Waals surface area contributed by atoms with Gasteiger partial charge in [-0.3, -0.25) is 10.1 Å². The Morgan fingerprint density at radius 1 is 1.22 bits per heavy atom. The lowest BCUT2D eigenvalue weighted by atomic mass is 10.0. The zero-order valence-electron chi connectivity index (χ0n) is 11.6. The van der Waals surface area contributed by atoms with Gasteiger partial charge in [0.1, 0.15) is 0 Å². The van der Waals surface area contributed by atoms with Crippen molar-refractivity contribution >= 4 is 11.4 Å². The van der Waals surface area contributed by atoms with Gasteiger partial charge in [-0.15, -0.1) is 0 Å². The predicted octanol–water partition coefficient (Wildman–Crippen LogP) is 4.14. The first kappa shape index (κ1) is 14.5. The number of nitro groups is 1. The van der Waals surface area contributed by atoms with Gasteiger partial charge in [0, 0.05) is 23.9 Å². The number of benzene rings is 1. The van der Waals surface area contributed by atoms with Gasteiger partial charge in [0.25, 0.3) is 5.69 Å². The van der Waals surface area contributed by atoms with Crippen LogP contribution < -0.4 is 5.32 Å². The van der Waals surface area contributed by atoms with Crippen LogP contribution in [0, 0.1) is 23.0 Å². The van der Waals surface area contributed by atoms with E-state index in [1.54, 1.807) is 12.1 Å². The normalized spacial score (nSPS) is 12.5. The monoisotopic (exact) mass is 250 g/mol. The van der Waals surface area contributed by atoms with Crippen LogP contribution in [-0.4, -0.2) is 11.0 Å². The maximum atomic E-state index is 10.8. The van der Waals surface area contributed by atoms with Crippen LogP contribution in [0.15, 0.2) is 18.2 Å². The number of nitrogens with one attached hydrogen (secondary N) is 1. The fourth-order valence-electron chi connectivity index (χ4n) is 1.89. The van der Waals surface area contributed by atoms with E-state index in [1.165, 1.54) is 0 Å². The van der Waals surface area contributed by atoms with E-state index < -0.39 is 0 Å². The molecule has 1 aromatic rings. The van der Waals surface area contributed by atoms with E-state index in [2.05, 4.69) is 26.1 Å². The maximum Gasteiger partial charge on any atom is 0.271 e. The highest BCUT2D eigenvalue weighted by atomic mass is 16.6. The minimum atomic E-state index is -0.350. The lowest BCUT2D eigenvalue weighted by molar-refractivity contribution is -0.384. The molecule has 0 aliphatic heterocycles. The van der Waals surface area contributed by atoms with Crippen LogP contribution in [0.25, 0.3) is 0 Å². The number of aryl methyl sites for hydroxylation is 1. The third-order valence-electron chi connectivity index (χ3n) is 2.86. The summed E-state index contributed by atoms with van der Waals surface area (Å²) >= 11 is 0. The van der Waals surface area contributed by atoms with E-state index >= 15 is 0 Å². The highest BCUT2D eigenvalue weighted by Gasteiger charge is 2.10. The van der Waals surface area contributed by atoms with Crippen molar-refractivity contribution in [2.24, 2.45) is 5.92 Å². The second-order valence-corrected chi connectivity index (χ2v) is 5.33. The van der Waals surface area contributed by atoms with Gasteiger partial charge in [-0.05, 0) is 44.2 Å². The van der Waals surface area contributed by atoms with Gasteiger partial charge in [-0.1, -0.05) is 13.8 Å². The minimum absolute atomic E-state index is 0.147. The Bertz CT molecular complexity index is 416. The average Bonchev–Trinajstić information content (AvgIpc) is 2.25. The zero-order chi connectivity index (χ0) is 13.7. The number of nitro benzene ring substituents is 1. The van der Waals surface area contributed by atoms with E-state index in [4.69, 9.17) is 0 Å². The minimum Gasteiger partial charge on any atom is -0.382 e. The van der Waals surface area contributed by atoms with Crippen LogP contribution in [0.5, 0.6) is 0 Å². The topological polar surface area (TPSA) is 55.2 Å². The molecule has 0 amide bonds. The first-order valence-electron chi connectivity index (χ1n) is 6.41. The van der Waals surface area contributed by atoms with Crippen molar-refractivity contribution in [3.05, 3.63) is 33.9 Å². The Labute approximate surface area is 109 Å². The molecule has 1 N–H and O–H groups in total. The highest BCUT2D eigenvalue weighted by molar-refractivity contribution is 5.54. The Hall–Kier alpha value is -1.58. The first-order valence-corrected chi connectivity index (χ1v) is 6.41. The third-order valence-corrected chi connectivity index (χ3v) is 2.86. The summed E-state index contributed by atoms with van der Waals surface area (Å²) in [6.45, 7) is 8.38. The van der Waals surface area contributed by atoms with E-state index in [9.17, 15) is 10.1 Å². The highest BCUT2D eigenvalue weighted by Crippen LogP contribution is 2.22. The molecule has 0 aromatic heterocycles. The summed E-state index contributed by atoms with van der Waals surface area (Å²) in [4.78, 5) is 10.4. The molecule has 18 heavy (non-hydrogen) atoms. The summed E-state index contributed by atoms with van der Waals surface area (Å²) in [5, 5.41) is 14.1. The fraction of sp³-hybridized carbons (Fsp3) is 0.571. The fourth-order valence-corrected chi connectivity index (χ4v) is 1.89. The van der Waals surface area contributed by atoms with Gasteiger partial charge in [0.15, 0.2) is 0 Å². The number of non-ortho nitro benzene ring substituents is 1. The molecule has 0 heterocycles. The standard InChI is InChI=1S/C14H22N2O2/c1-10(2)5-6-12(4)15-13-7-11(3)8-14(9-13)16(17)18/h7-10,12,15H,5-6H2,1-4H3. The molecule has 4 heteroatoms. The number of hydrogen-bond donors (Lipinski definition) is 1. The molecule has 100 valence electrons. The van der Waals surface area contributed by atoms with Crippen molar-refractivity contribution in [1.82, 2.24) is 0 Å². The summed E-state index contributed by atoms with van der Waals surface area (Å²) in [5.41, 5.74) is 1.88. The van der Waals surface area contributed by atoms with Gasteiger partial charge in [0.2, 0.25) is 0 Å². The molecule has 1 unspecified atom stereocenters. The van der Waals surface area contributed by atoms with Crippen LogP contribution >= 0.6 is 0 Å². The van der Waals surface area contributed by atoms with Crippen molar-refractivity contribution in [3.8, 4) is 0 Å². The maximum absolute atomic E-state index is 10.8. The smallest absolute Gasteiger partial charge is 0.271 e.